The van der Waals surface area contributed by atoms with Crippen LogP contribution in [0.1, 0.15) is 17.5 Å². The lowest BCUT2D eigenvalue weighted by Crippen LogP contribution is -2.07. The van der Waals surface area contributed by atoms with E-state index in [1.807, 2.05) is 36.0 Å². The topological polar surface area (TPSA) is 66.5 Å². The zero-order valence-corrected chi connectivity index (χ0v) is 10.3. The fourth-order valence-corrected chi connectivity index (χ4v) is 1.72. The number of hydrogen-bond acceptors (Lipinski definition) is 4. The van der Waals surface area contributed by atoms with E-state index >= 15 is 0 Å². The van der Waals surface area contributed by atoms with E-state index in [4.69, 9.17) is 5.26 Å². The molecule has 0 amide bonds. The summed E-state index contributed by atoms with van der Waals surface area (Å²) in [6.45, 7) is 3.66. The van der Waals surface area contributed by atoms with E-state index in [9.17, 15) is 0 Å². The number of aromatic nitrogens is 3. The van der Waals surface area contributed by atoms with Crippen molar-refractivity contribution < 1.29 is 0 Å². The Balaban J connectivity index is 1.80. The van der Waals surface area contributed by atoms with Crippen LogP contribution >= 0.6 is 0 Å². The molecule has 0 aliphatic carbocycles. The first-order chi connectivity index (χ1) is 8.79. The second-order valence-electron chi connectivity index (χ2n) is 4.09. The lowest BCUT2D eigenvalue weighted by molar-refractivity contribution is 0.570. The van der Waals surface area contributed by atoms with Gasteiger partial charge in [0.25, 0.3) is 0 Å². The van der Waals surface area contributed by atoms with Crippen molar-refractivity contribution in [3.63, 3.8) is 0 Å². The molecule has 5 heteroatoms. The third-order valence-corrected chi connectivity index (χ3v) is 2.71. The van der Waals surface area contributed by atoms with Gasteiger partial charge in [0.15, 0.2) is 0 Å². The minimum Gasteiger partial charge on any atom is -0.385 e. The molecule has 1 aromatic heterocycles. The molecule has 0 fully saturated rings. The number of nitrogens with one attached hydrogen (secondary N) is 1. The van der Waals surface area contributed by atoms with Crippen LogP contribution in [0.25, 0.3) is 0 Å². The lowest BCUT2D eigenvalue weighted by Gasteiger charge is -2.07. The van der Waals surface area contributed by atoms with Crippen LogP contribution in [0.2, 0.25) is 0 Å². The van der Waals surface area contributed by atoms with Gasteiger partial charge in [0.05, 0.1) is 17.8 Å². The Hall–Kier alpha value is -2.35. The zero-order valence-electron chi connectivity index (χ0n) is 10.3. The van der Waals surface area contributed by atoms with Crippen molar-refractivity contribution in [2.24, 2.45) is 0 Å². The second-order valence-corrected chi connectivity index (χ2v) is 4.09. The van der Waals surface area contributed by atoms with Gasteiger partial charge in [0.1, 0.15) is 0 Å². The molecule has 18 heavy (non-hydrogen) atoms. The highest BCUT2D eigenvalue weighted by molar-refractivity contribution is 5.51. The molecule has 0 saturated heterocycles. The lowest BCUT2D eigenvalue weighted by atomic mass is 10.1. The summed E-state index contributed by atoms with van der Waals surface area (Å²) < 4.78 is 1.81. The molecule has 0 spiro atoms. The number of nitrogens with zero attached hydrogens (tertiary/aromatic N) is 4. The number of rotatable bonds is 5. The van der Waals surface area contributed by atoms with Crippen molar-refractivity contribution in [2.45, 2.75) is 19.9 Å². The molecule has 2 aromatic rings. The van der Waals surface area contributed by atoms with E-state index in [2.05, 4.69) is 21.7 Å². The van der Waals surface area contributed by atoms with Gasteiger partial charge in [-0.25, -0.2) is 0 Å². The third-order valence-electron chi connectivity index (χ3n) is 2.71. The van der Waals surface area contributed by atoms with Gasteiger partial charge in [-0.05, 0) is 37.1 Å². The maximum absolute atomic E-state index is 8.84. The SMILES string of the molecule is Cc1cc(NCCCn2ccnn2)ccc1C#N. The molecule has 1 N–H and O–H groups in total. The van der Waals surface area contributed by atoms with Gasteiger partial charge in [-0.2, -0.15) is 5.26 Å². The van der Waals surface area contributed by atoms with E-state index in [1.54, 1.807) is 6.20 Å². The first-order valence-corrected chi connectivity index (χ1v) is 5.88. The molecule has 2 rings (SSSR count). The molecule has 0 aliphatic rings. The Labute approximate surface area is 106 Å². The average Bonchev–Trinajstić information content (AvgIpc) is 2.88. The largest absolute Gasteiger partial charge is 0.385 e. The Morgan fingerprint density at radius 1 is 1.44 bits per heavy atom. The van der Waals surface area contributed by atoms with Crippen LogP contribution in [0, 0.1) is 18.3 Å². The molecular formula is C13H15N5. The summed E-state index contributed by atoms with van der Waals surface area (Å²) in [6, 6.07) is 7.93. The molecule has 5 nitrogen and oxygen atoms in total. The van der Waals surface area contributed by atoms with Crippen molar-refractivity contribution in [1.82, 2.24) is 15.0 Å². The maximum Gasteiger partial charge on any atom is 0.0994 e. The van der Waals surface area contributed by atoms with Gasteiger partial charge in [-0.15, -0.1) is 5.10 Å². The number of nitriles is 1. The minimum absolute atomic E-state index is 0.725. The molecule has 0 atom stereocenters. The Kier molecular flexibility index (Phi) is 3.92. The molecule has 0 aliphatic heterocycles. The first-order valence-electron chi connectivity index (χ1n) is 5.88. The van der Waals surface area contributed by atoms with Gasteiger partial charge in [-0.3, -0.25) is 4.68 Å². The van der Waals surface area contributed by atoms with Crippen LogP contribution < -0.4 is 5.32 Å². The highest BCUT2D eigenvalue weighted by atomic mass is 15.4. The van der Waals surface area contributed by atoms with Crippen molar-refractivity contribution in [2.75, 3.05) is 11.9 Å². The summed E-state index contributed by atoms with van der Waals surface area (Å²) in [4.78, 5) is 0. The van der Waals surface area contributed by atoms with Crippen molar-refractivity contribution in [3.05, 3.63) is 41.7 Å². The number of aryl methyl sites for hydroxylation is 2. The molecule has 92 valence electrons. The van der Waals surface area contributed by atoms with Crippen LogP contribution in [-0.4, -0.2) is 21.5 Å². The van der Waals surface area contributed by atoms with Gasteiger partial charge in [0.2, 0.25) is 0 Å². The highest BCUT2D eigenvalue weighted by Gasteiger charge is 1.98. The Bertz CT molecular complexity index is 539. The van der Waals surface area contributed by atoms with Gasteiger partial charge in [0, 0.05) is 25.0 Å². The molecule has 0 saturated carbocycles. The monoisotopic (exact) mass is 241 g/mol. The fourth-order valence-electron chi connectivity index (χ4n) is 1.72. The predicted molar refractivity (Wildman–Crippen MR) is 69.0 cm³/mol. The third kappa shape index (κ3) is 3.08. The average molecular weight is 241 g/mol. The minimum atomic E-state index is 0.725. The van der Waals surface area contributed by atoms with Crippen molar-refractivity contribution in [1.29, 1.82) is 5.26 Å². The zero-order chi connectivity index (χ0) is 12.8. The van der Waals surface area contributed by atoms with Crippen LogP contribution in [0.3, 0.4) is 0 Å². The summed E-state index contributed by atoms with van der Waals surface area (Å²) in [5, 5.41) is 19.8. The predicted octanol–water partition coefficient (Wildman–Crippen LogP) is 1.96. The molecule has 1 heterocycles. The standard InChI is InChI=1S/C13H15N5/c1-11-9-13(4-3-12(11)10-14)15-5-2-7-18-8-6-16-17-18/h3-4,6,8-9,15H,2,5,7H2,1H3. The van der Waals surface area contributed by atoms with E-state index in [1.165, 1.54) is 0 Å². The number of hydrogen-bond donors (Lipinski definition) is 1. The second kappa shape index (κ2) is 5.82. The maximum atomic E-state index is 8.84. The van der Waals surface area contributed by atoms with Gasteiger partial charge >= 0.3 is 0 Å². The Morgan fingerprint density at radius 3 is 3.00 bits per heavy atom. The quantitative estimate of drug-likeness (QED) is 0.813. The number of benzene rings is 1. The normalized spacial score (nSPS) is 10.0. The van der Waals surface area contributed by atoms with E-state index in [0.717, 1.165) is 36.3 Å². The van der Waals surface area contributed by atoms with E-state index in [-0.39, 0.29) is 0 Å². The summed E-state index contributed by atoms with van der Waals surface area (Å²) in [6.07, 6.45) is 4.51. The summed E-state index contributed by atoms with van der Waals surface area (Å²) in [5.41, 5.74) is 2.77. The Morgan fingerprint density at radius 2 is 2.33 bits per heavy atom. The fraction of sp³-hybridized carbons (Fsp3) is 0.308. The van der Waals surface area contributed by atoms with E-state index in [0.29, 0.717) is 0 Å². The van der Waals surface area contributed by atoms with Crippen LogP contribution in [-0.2, 0) is 6.54 Å². The number of anilines is 1. The molecule has 0 radical (unpaired) electrons. The molecule has 1 aromatic carbocycles. The summed E-state index contributed by atoms with van der Waals surface area (Å²) in [7, 11) is 0. The summed E-state index contributed by atoms with van der Waals surface area (Å²) >= 11 is 0. The van der Waals surface area contributed by atoms with Crippen LogP contribution in [0.15, 0.2) is 30.6 Å². The van der Waals surface area contributed by atoms with Crippen molar-refractivity contribution in [3.8, 4) is 6.07 Å². The first kappa shape index (κ1) is 12.1. The molecular weight excluding hydrogens is 226 g/mol. The van der Waals surface area contributed by atoms with Crippen LogP contribution in [0.4, 0.5) is 5.69 Å². The highest BCUT2D eigenvalue weighted by Crippen LogP contribution is 2.14. The van der Waals surface area contributed by atoms with Crippen LogP contribution in [0.5, 0.6) is 0 Å². The smallest absolute Gasteiger partial charge is 0.0994 e. The van der Waals surface area contributed by atoms with E-state index < -0.39 is 0 Å². The van der Waals surface area contributed by atoms with Gasteiger partial charge < -0.3 is 5.32 Å². The summed E-state index contributed by atoms with van der Waals surface area (Å²) in [5.74, 6) is 0. The van der Waals surface area contributed by atoms with Gasteiger partial charge in [-0.1, -0.05) is 5.21 Å². The molecule has 0 unspecified atom stereocenters. The molecule has 0 bridgehead atoms. The van der Waals surface area contributed by atoms with Crippen molar-refractivity contribution >= 4 is 5.69 Å².